The zero-order valence-electron chi connectivity index (χ0n) is 11.8. The fourth-order valence-corrected chi connectivity index (χ4v) is 2.50. The number of carbonyl (C=O) groups excluding carboxylic acids is 1. The summed E-state index contributed by atoms with van der Waals surface area (Å²) in [6.07, 6.45) is 1.06. The van der Waals surface area contributed by atoms with E-state index < -0.39 is 6.55 Å². The van der Waals surface area contributed by atoms with Gasteiger partial charge in [-0.25, -0.2) is 4.68 Å². The number of amides is 1. The van der Waals surface area contributed by atoms with Crippen LogP contribution in [0.15, 0.2) is 0 Å². The topological polar surface area (TPSA) is 50.2 Å². The van der Waals surface area contributed by atoms with Crippen molar-refractivity contribution in [2.24, 2.45) is 0 Å². The monoisotopic (exact) mass is 286 g/mol. The van der Waals surface area contributed by atoms with Crippen molar-refractivity contribution in [2.75, 3.05) is 26.2 Å². The van der Waals surface area contributed by atoms with Crippen LogP contribution < -0.4 is 5.32 Å². The Bertz CT molecular complexity index is 479. The Labute approximate surface area is 116 Å². The number of hydrogen-bond acceptors (Lipinski definition) is 3. The van der Waals surface area contributed by atoms with Gasteiger partial charge in [-0.05, 0) is 26.8 Å². The van der Waals surface area contributed by atoms with Gasteiger partial charge in [0.1, 0.15) is 0 Å². The summed E-state index contributed by atoms with van der Waals surface area (Å²) in [7, 11) is 0. The summed E-state index contributed by atoms with van der Waals surface area (Å²) >= 11 is 0. The summed E-state index contributed by atoms with van der Waals surface area (Å²) in [5.41, 5.74) is 1.50. The summed E-state index contributed by atoms with van der Waals surface area (Å²) in [6, 6.07) is 0. The minimum Gasteiger partial charge on any atom is -0.341 e. The average molecular weight is 286 g/mol. The third-order valence-electron chi connectivity index (χ3n) is 3.68. The molecule has 1 fully saturated rings. The number of carbonyl (C=O) groups is 1. The summed E-state index contributed by atoms with van der Waals surface area (Å²) in [5.74, 6) is -0.0197. The maximum atomic E-state index is 12.8. The Balaban J connectivity index is 2.11. The quantitative estimate of drug-likeness (QED) is 0.910. The minimum absolute atomic E-state index is 0.0197. The molecule has 1 N–H and O–H groups in total. The maximum Gasteiger partial charge on any atom is 0.333 e. The first kappa shape index (κ1) is 14.9. The summed E-state index contributed by atoms with van der Waals surface area (Å²) < 4.78 is 26.2. The lowest BCUT2D eigenvalue weighted by Gasteiger charge is -2.20. The van der Waals surface area contributed by atoms with E-state index in [1.807, 2.05) is 0 Å². The predicted molar refractivity (Wildman–Crippen MR) is 70.7 cm³/mol. The van der Waals surface area contributed by atoms with Crippen LogP contribution in [0.25, 0.3) is 0 Å². The van der Waals surface area contributed by atoms with E-state index in [2.05, 4.69) is 10.4 Å². The molecule has 1 saturated heterocycles. The van der Waals surface area contributed by atoms with Gasteiger partial charge >= 0.3 is 6.55 Å². The van der Waals surface area contributed by atoms with Gasteiger partial charge in [0.25, 0.3) is 0 Å². The first-order valence-electron chi connectivity index (χ1n) is 6.82. The molecule has 1 aromatic rings. The number of nitrogens with zero attached hydrogens (tertiary/aromatic N) is 3. The number of halogens is 2. The molecule has 2 rings (SSSR count). The number of hydrogen-bond donors (Lipinski definition) is 1. The van der Waals surface area contributed by atoms with Crippen molar-refractivity contribution in [2.45, 2.75) is 33.2 Å². The van der Waals surface area contributed by atoms with Gasteiger partial charge in [0.2, 0.25) is 5.91 Å². The highest BCUT2D eigenvalue weighted by Gasteiger charge is 2.22. The molecule has 0 spiro atoms. The zero-order valence-corrected chi connectivity index (χ0v) is 11.8. The molecule has 5 nitrogen and oxygen atoms in total. The molecule has 0 aromatic carbocycles. The normalized spacial score (nSPS) is 16.6. The Morgan fingerprint density at radius 3 is 2.75 bits per heavy atom. The molecule has 1 aliphatic rings. The Morgan fingerprint density at radius 1 is 1.35 bits per heavy atom. The van der Waals surface area contributed by atoms with Crippen molar-refractivity contribution < 1.29 is 13.6 Å². The van der Waals surface area contributed by atoms with Crippen molar-refractivity contribution in [1.82, 2.24) is 20.0 Å². The number of alkyl halides is 2. The van der Waals surface area contributed by atoms with Crippen LogP contribution in [0, 0.1) is 13.8 Å². The van der Waals surface area contributed by atoms with E-state index in [1.54, 1.807) is 18.7 Å². The second kappa shape index (κ2) is 6.30. The molecule has 1 aliphatic heterocycles. The average Bonchev–Trinajstić information content (AvgIpc) is 2.64. The SMILES string of the molecule is Cc1nn(C(F)F)c(C)c1CC(=O)N1CCCNCC1. The highest BCUT2D eigenvalue weighted by molar-refractivity contribution is 5.79. The first-order chi connectivity index (χ1) is 9.50. The van der Waals surface area contributed by atoms with Crippen molar-refractivity contribution in [3.63, 3.8) is 0 Å². The standard InChI is InChI=1S/C13H20F2N4O/c1-9-11(10(2)19(17-9)13(14)15)8-12(20)18-6-3-4-16-5-7-18/h13,16H,3-8H2,1-2H3. The van der Waals surface area contributed by atoms with Crippen LogP contribution in [0.2, 0.25) is 0 Å². The summed E-state index contributed by atoms with van der Waals surface area (Å²) in [5, 5.41) is 7.04. The van der Waals surface area contributed by atoms with Crippen molar-refractivity contribution >= 4 is 5.91 Å². The highest BCUT2D eigenvalue weighted by atomic mass is 19.3. The van der Waals surface area contributed by atoms with Gasteiger partial charge in [-0.1, -0.05) is 0 Å². The molecule has 0 unspecified atom stereocenters. The molecule has 0 atom stereocenters. The Kier molecular flexibility index (Phi) is 4.69. The lowest BCUT2D eigenvalue weighted by Crippen LogP contribution is -2.35. The number of aromatic nitrogens is 2. The van der Waals surface area contributed by atoms with Crippen LogP contribution in [0.5, 0.6) is 0 Å². The van der Waals surface area contributed by atoms with E-state index in [0.717, 1.165) is 19.5 Å². The first-order valence-corrected chi connectivity index (χ1v) is 6.82. The summed E-state index contributed by atoms with van der Waals surface area (Å²) in [4.78, 5) is 14.1. The molecule has 0 bridgehead atoms. The van der Waals surface area contributed by atoms with Gasteiger partial charge in [0.05, 0.1) is 12.1 Å². The molecule has 1 aromatic heterocycles. The van der Waals surface area contributed by atoms with Crippen LogP contribution in [-0.2, 0) is 11.2 Å². The van der Waals surface area contributed by atoms with E-state index in [-0.39, 0.29) is 12.3 Å². The molecular weight excluding hydrogens is 266 g/mol. The molecule has 1 amide bonds. The fourth-order valence-electron chi connectivity index (χ4n) is 2.50. The van der Waals surface area contributed by atoms with Gasteiger partial charge < -0.3 is 10.2 Å². The van der Waals surface area contributed by atoms with Crippen LogP contribution in [0.3, 0.4) is 0 Å². The van der Waals surface area contributed by atoms with E-state index >= 15 is 0 Å². The fraction of sp³-hybridized carbons (Fsp3) is 0.692. The molecule has 2 heterocycles. The van der Waals surface area contributed by atoms with Gasteiger partial charge in [-0.3, -0.25) is 4.79 Å². The van der Waals surface area contributed by atoms with E-state index in [0.29, 0.717) is 34.7 Å². The summed E-state index contributed by atoms with van der Waals surface area (Å²) in [6.45, 7) is 3.65. The lowest BCUT2D eigenvalue weighted by molar-refractivity contribution is -0.130. The predicted octanol–water partition coefficient (Wildman–Crippen LogP) is 1.26. The number of nitrogens with one attached hydrogen (secondary N) is 1. The van der Waals surface area contributed by atoms with Crippen LogP contribution >= 0.6 is 0 Å². The van der Waals surface area contributed by atoms with Gasteiger partial charge in [0, 0.05) is 30.9 Å². The molecule has 7 heteroatoms. The second-order valence-corrected chi connectivity index (χ2v) is 5.03. The van der Waals surface area contributed by atoms with Crippen LogP contribution in [0.4, 0.5) is 8.78 Å². The molecule has 0 aliphatic carbocycles. The van der Waals surface area contributed by atoms with Crippen molar-refractivity contribution in [3.05, 3.63) is 17.0 Å². The zero-order chi connectivity index (χ0) is 14.7. The number of rotatable bonds is 3. The van der Waals surface area contributed by atoms with Crippen molar-refractivity contribution in [3.8, 4) is 0 Å². The smallest absolute Gasteiger partial charge is 0.333 e. The molecule has 0 radical (unpaired) electrons. The molecule has 0 saturated carbocycles. The molecular formula is C13H20F2N4O. The Morgan fingerprint density at radius 2 is 2.10 bits per heavy atom. The highest BCUT2D eigenvalue weighted by Crippen LogP contribution is 2.20. The second-order valence-electron chi connectivity index (χ2n) is 5.03. The van der Waals surface area contributed by atoms with Crippen LogP contribution in [-0.4, -0.2) is 46.8 Å². The lowest BCUT2D eigenvalue weighted by atomic mass is 10.1. The van der Waals surface area contributed by atoms with Gasteiger partial charge in [-0.15, -0.1) is 0 Å². The van der Waals surface area contributed by atoms with Crippen molar-refractivity contribution in [1.29, 1.82) is 0 Å². The van der Waals surface area contributed by atoms with Gasteiger partial charge in [0.15, 0.2) is 0 Å². The van der Waals surface area contributed by atoms with E-state index in [1.165, 1.54) is 0 Å². The van der Waals surface area contributed by atoms with E-state index in [9.17, 15) is 13.6 Å². The van der Waals surface area contributed by atoms with E-state index in [4.69, 9.17) is 0 Å². The maximum absolute atomic E-state index is 12.8. The largest absolute Gasteiger partial charge is 0.341 e. The van der Waals surface area contributed by atoms with Gasteiger partial charge in [-0.2, -0.15) is 13.9 Å². The molecule has 112 valence electrons. The molecule has 20 heavy (non-hydrogen) atoms. The number of aryl methyl sites for hydroxylation is 1. The third-order valence-corrected chi connectivity index (χ3v) is 3.68. The minimum atomic E-state index is -2.67. The van der Waals surface area contributed by atoms with Crippen LogP contribution in [0.1, 0.15) is 29.9 Å². The third kappa shape index (κ3) is 3.15. The Hall–Kier alpha value is -1.50.